The minimum absolute atomic E-state index is 0.0231. The number of halogens is 3. The summed E-state index contributed by atoms with van der Waals surface area (Å²) in [4.78, 5) is 20.0. The number of amides is 1. The van der Waals surface area contributed by atoms with Crippen LogP contribution in [0, 0.1) is 0 Å². The number of nitrogens with one attached hydrogen (secondary N) is 1. The first kappa shape index (κ1) is 28.5. The largest absolute Gasteiger partial charge is 0.542 e. The van der Waals surface area contributed by atoms with Crippen molar-refractivity contribution in [3.63, 3.8) is 0 Å². The quantitative estimate of drug-likeness (QED) is 0.501. The molecule has 1 heterocycles. The van der Waals surface area contributed by atoms with E-state index < -0.39 is 20.4 Å². The van der Waals surface area contributed by atoms with E-state index >= 15 is 0 Å². The molecule has 32 heavy (non-hydrogen) atoms. The van der Waals surface area contributed by atoms with Gasteiger partial charge in [0.2, 0.25) is 0 Å². The molecular weight excluding hydrogens is 630 g/mol. The van der Waals surface area contributed by atoms with Crippen molar-refractivity contribution in [3.05, 3.63) is 23.9 Å². The van der Waals surface area contributed by atoms with Crippen molar-refractivity contribution < 1.29 is 58.7 Å². The Morgan fingerprint density at radius 3 is 2.16 bits per heavy atom. The van der Waals surface area contributed by atoms with E-state index in [0.29, 0.717) is 32.7 Å². The predicted molar refractivity (Wildman–Crippen MR) is 114 cm³/mol. The Balaban J connectivity index is 0.000000633. The van der Waals surface area contributed by atoms with Crippen LogP contribution in [0.1, 0.15) is 33.3 Å². The van der Waals surface area contributed by atoms with Crippen molar-refractivity contribution in [2.24, 2.45) is 0 Å². The Bertz CT molecular complexity index is 982. The van der Waals surface area contributed by atoms with E-state index in [0.717, 1.165) is 12.2 Å². The summed E-state index contributed by atoms with van der Waals surface area (Å²) in [7, 11) is 0.0233. The van der Waals surface area contributed by atoms with Gasteiger partial charge >= 0.3 is 175 Å². The molecule has 0 saturated carbocycles. The van der Waals surface area contributed by atoms with Crippen molar-refractivity contribution >= 4 is 34.1 Å². The second-order valence-electron chi connectivity index (χ2n) is 9.03. The molecule has 0 spiro atoms. The van der Waals surface area contributed by atoms with E-state index in [1.165, 1.54) is 19.5 Å². The summed E-state index contributed by atoms with van der Waals surface area (Å²) < 4.78 is 41.0. The Morgan fingerprint density at radius 1 is 1.22 bits per heavy atom. The van der Waals surface area contributed by atoms with E-state index in [9.17, 15) is 18.0 Å². The van der Waals surface area contributed by atoms with Gasteiger partial charge in [0.1, 0.15) is 5.97 Å². The van der Waals surface area contributed by atoms with Gasteiger partial charge in [-0.15, -0.1) is 0 Å². The zero-order chi connectivity index (χ0) is 25.1. The summed E-state index contributed by atoms with van der Waals surface area (Å²) >= 11 is 0.504. The van der Waals surface area contributed by atoms with Crippen LogP contribution in [0.25, 0.3) is 10.9 Å². The molecule has 0 aliphatic carbocycles. The fourth-order valence-electron chi connectivity index (χ4n) is 2.95. The number of carbonyl (C=O) groups is 2. The van der Waals surface area contributed by atoms with E-state index in [1.54, 1.807) is 14.0 Å². The van der Waals surface area contributed by atoms with Gasteiger partial charge in [0.25, 0.3) is 0 Å². The number of methoxy groups -OCH3 is 1. The number of nitrogens with zero attached hydrogens (tertiary/aromatic N) is 1. The minimum Gasteiger partial charge on any atom is -0.542 e. The average Bonchev–Trinajstić information content (AvgIpc) is 2.97. The smallest absolute Gasteiger partial charge is 0.430 e. The SMILES string of the molecule is COc1cc2c(CCNC(C)=O)cn([Si](C)(C)C(C)(C)C)c2c[c]1[Hg+].O=C([O-])C(F)(F)F. The number of aliphatic carboxylic acids is 1. The topological polar surface area (TPSA) is 83.4 Å². The molecule has 1 aromatic heterocycles. The zero-order valence-electron chi connectivity index (χ0n) is 19.6. The minimum atomic E-state index is -5.19. The molecule has 2 rings (SSSR count). The molecule has 1 aromatic carbocycles. The third kappa shape index (κ3) is 6.97. The second-order valence-corrected chi connectivity index (χ2v) is 17.1. The molecule has 1 N–H and O–H groups in total. The number of ether oxygens (including phenoxy) is 1. The van der Waals surface area contributed by atoms with Crippen molar-refractivity contribution in [2.75, 3.05) is 13.7 Å². The van der Waals surface area contributed by atoms with Crippen LogP contribution >= 0.6 is 0 Å². The van der Waals surface area contributed by atoms with E-state index in [-0.39, 0.29) is 10.9 Å². The summed E-state index contributed by atoms with van der Waals surface area (Å²) in [5.41, 5.74) is 2.62. The number of carboxylic acid groups (broad SMARTS) is 1. The van der Waals surface area contributed by atoms with Gasteiger partial charge in [-0.1, -0.05) is 0 Å². The first-order valence-electron chi connectivity index (χ1n) is 10.0. The standard InChI is InChI=1S/C19H29N2O2Si.C2HF3O2.Hg/c1-14(22)20-11-10-15-13-21(24(6,7)19(2,3)4)18-9-8-16(23-5)12-17(15)18;3-2(4,5)1(6)7;/h9,12-13H,10-11H2,1-7H3,(H,20,22);(H,6,7);/q;;+1/p-1. The third-order valence-corrected chi connectivity index (χ3v) is 13.1. The van der Waals surface area contributed by atoms with Gasteiger partial charge in [0.05, 0.1) is 0 Å². The summed E-state index contributed by atoms with van der Waals surface area (Å²) in [6.45, 7) is 14.1. The molecule has 0 aliphatic rings. The molecule has 0 atom stereocenters. The van der Waals surface area contributed by atoms with Crippen LogP contribution in [0.4, 0.5) is 13.2 Å². The number of carboxylic acids is 1. The van der Waals surface area contributed by atoms with E-state index in [4.69, 9.17) is 14.6 Å². The van der Waals surface area contributed by atoms with Gasteiger partial charge in [-0.3, -0.25) is 0 Å². The van der Waals surface area contributed by atoms with Crippen LogP contribution in [-0.2, 0) is 42.1 Å². The van der Waals surface area contributed by atoms with E-state index in [1.807, 2.05) is 0 Å². The van der Waals surface area contributed by atoms with Gasteiger partial charge in [-0.2, -0.15) is 13.2 Å². The Labute approximate surface area is 203 Å². The van der Waals surface area contributed by atoms with Gasteiger partial charge in [-0.25, -0.2) is 0 Å². The fourth-order valence-corrected chi connectivity index (χ4v) is 6.65. The number of hydrogen-bond donors (Lipinski definition) is 1. The molecule has 0 fully saturated rings. The monoisotopic (exact) mass is 660 g/mol. The van der Waals surface area contributed by atoms with Crippen LogP contribution in [-0.4, -0.2) is 44.2 Å². The molecule has 1 amide bonds. The van der Waals surface area contributed by atoms with Crippen molar-refractivity contribution in [2.45, 2.75) is 58.4 Å². The molecule has 6 nitrogen and oxygen atoms in total. The predicted octanol–water partition coefficient (Wildman–Crippen LogP) is 2.65. The maximum atomic E-state index is 11.2. The van der Waals surface area contributed by atoms with Crippen LogP contribution in [0.15, 0.2) is 18.3 Å². The van der Waals surface area contributed by atoms with Crippen molar-refractivity contribution in [1.29, 1.82) is 0 Å². The number of aromatic nitrogens is 1. The third-order valence-electron chi connectivity index (χ3n) is 5.73. The second kappa shape index (κ2) is 10.6. The molecule has 0 radical (unpaired) electrons. The number of hydrogen-bond acceptors (Lipinski definition) is 4. The van der Waals surface area contributed by atoms with Crippen LogP contribution < -0.4 is 18.2 Å². The van der Waals surface area contributed by atoms with Gasteiger partial charge < -0.3 is 9.90 Å². The number of fused-ring (bicyclic) bond motifs is 1. The maximum absolute atomic E-state index is 11.2. The van der Waals surface area contributed by atoms with Gasteiger partial charge in [0, 0.05) is 0 Å². The number of rotatable bonds is 5. The zero-order valence-corrected chi connectivity index (χ0v) is 26.1. The van der Waals surface area contributed by atoms with Crippen molar-refractivity contribution in [3.8, 4) is 5.75 Å². The summed E-state index contributed by atoms with van der Waals surface area (Å²) in [6.07, 6.45) is -2.03. The fraction of sp³-hybridized carbons (Fsp3) is 0.524. The van der Waals surface area contributed by atoms with E-state index in [2.05, 4.69) is 61.7 Å². The number of alkyl halides is 3. The average molecular weight is 659 g/mol. The van der Waals surface area contributed by atoms with Crippen LogP contribution in [0.2, 0.25) is 18.1 Å². The van der Waals surface area contributed by atoms with Crippen molar-refractivity contribution in [1.82, 2.24) is 9.55 Å². The maximum Gasteiger partial charge on any atom is 0.430 e. The first-order chi connectivity index (χ1) is 14.4. The molecular formula is C21H29F3HgN2O4Si. The summed E-state index contributed by atoms with van der Waals surface area (Å²) in [6, 6.07) is 4.53. The summed E-state index contributed by atoms with van der Waals surface area (Å²) in [5, 5.41) is 13.2. The van der Waals surface area contributed by atoms with Crippen LogP contribution in [0.3, 0.4) is 0 Å². The van der Waals surface area contributed by atoms with Gasteiger partial charge in [-0.05, 0) is 0 Å². The molecule has 174 valence electrons. The molecule has 11 heteroatoms. The van der Waals surface area contributed by atoms with Gasteiger partial charge in [0.15, 0.2) is 0 Å². The number of carbonyl (C=O) groups excluding carboxylic acids is 2. The first-order valence-corrected chi connectivity index (χ1v) is 15.7. The molecule has 0 bridgehead atoms. The Hall–Kier alpha value is -1.56. The Kier molecular flexibility index (Phi) is 9.42. The Morgan fingerprint density at radius 2 is 1.75 bits per heavy atom. The number of benzene rings is 1. The molecule has 2 aromatic rings. The molecule has 0 aliphatic heterocycles. The normalized spacial score (nSPS) is 12.2. The molecule has 0 unspecified atom stereocenters. The molecule has 0 saturated heterocycles. The summed E-state index contributed by atoms with van der Waals surface area (Å²) in [5.74, 6) is -1.98. The van der Waals surface area contributed by atoms with Crippen LogP contribution in [0.5, 0.6) is 5.75 Å².